The molecule has 0 aliphatic carbocycles. The minimum Gasteiger partial charge on any atom is -0.494 e. The van der Waals surface area contributed by atoms with Gasteiger partial charge < -0.3 is 14.6 Å². The first-order chi connectivity index (χ1) is 18.0. The Labute approximate surface area is 229 Å². The predicted molar refractivity (Wildman–Crippen MR) is 155 cm³/mol. The van der Waals surface area contributed by atoms with E-state index in [9.17, 15) is 0 Å². The number of aryl methyl sites for hydroxylation is 1. The summed E-state index contributed by atoms with van der Waals surface area (Å²) in [6.07, 6.45) is 4.88. The van der Waals surface area contributed by atoms with Gasteiger partial charge in [-0.3, -0.25) is 0 Å². The molecule has 37 heavy (non-hydrogen) atoms. The number of aromatic amines is 1. The first-order valence-electron chi connectivity index (χ1n) is 13.0. The van der Waals surface area contributed by atoms with Crippen LogP contribution < -0.4 is 4.74 Å². The molecule has 4 nitrogen and oxygen atoms in total. The third-order valence-corrected chi connectivity index (χ3v) is 7.79. The van der Waals surface area contributed by atoms with Crippen LogP contribution in [0.25, 0.3) is 33.9 Å². The van der Waals surface area contributed by atoms with Gasteiger partial charge in [-0.2, -0.15) is 0 Å². The van der Waals surface area contributed by atoms with E-state index in [2.05, 4.69) is 48.1 Å². The Morgan fingerprint density at radius 3 is 2.35 bits per heavy atom. The average molecular weight is 535 g/mol. The number of piperidine rings is 1. The van der Waals surface area contributed by atoms with E-state index >= 15 is 0 Å². The summed E-state index contributed by atoms with van der Waals surface area (Å²) in [5, 5.41) is 1.31. The maximum Gasteiger partial charge on any atom is 0.140 e. The van der Waals surface area contributed by atoms with Crippen LogP contribution in [-0.4, -0.2) is 41.6 Å². The normalized spacial score (nSPS) is 14.7. The smallest absolute Gasteiger partial charge is 0.140 e. The zero-order valence-corrected chi connectivity index (χ0v) is 22.9. The van der Waals surface area contributed by atoms with Gasteiger partial charge in [0.05, 0.1) is 23.0 Å². The van der Waals surface area contributed by atoms with Gasteiger partial charge in [-0.05, 0) is 89.0 Å². The summed E-state index contributed by atoms with van der Waals surface area (Å²) in [7, 11) is 2.21. The van der Waals surface area contributed by atoms with Gasteiger partial charge in [0.25, 0.3) is 0 Å². The topological polar surface area (TPSA) is 41.1 Å². The summed E-state index contributed by atoms with van der Waals surface area (Å²) in [6, 6.07) is 22.0. The van der Waals surface area contributed by atoms with Crippen molar-refractivity contribution >= 4 is 23.2 Å². The second kappa shape index (κ2) is 11.7. The van der Waals surface area contributed by atoms with Crippen LogP contribution in [0.15, 0.2) is 66.7 Å². The van der Waals surface area contributed by atoms with Crippen LogP contribution >= 0.6 is 23.2 Å². The van der Waals surface area contributed by atoms with Gasteiger partial charge in [0.2, 0.25) is 0 Å². The molecule has 1 fully saturated rings. The molecule has 0 bridgehead atoms. The number of imidazole rings is 1. The minimum atomic E-state index is 0.611. The highest BCUT2D eigenvalue weighted by Crippen LogP contribution is 2.36. The molecule has 5 rings (SSSR count). The van der Waals surface area contributed by atoms with Crippen molar-refractivity contribution in [3.63, 3.8) is 0 Å². The van der Waals surface area contributed by atoms with Crippen molar-refractivity contribution < 1.29 is 4.74 Å². The molecule has 4 aromatic rings. The van der Waals surface area contributed by atoms with Crippen LogP contribution in [-0.2, 0) is 0 Å². The fraction of sp³-hybridized carbons (Fsp3) is 0.323. The molecule has 0 unspecified atom stereocenters. The third-order valence-electron chi connectivity index (χ3n) is 7.22. The zero-order chi connectivity index (χ0) is 25.8. The zero-order valence-electron chi connectivity index (χ0n) is 21.4. The van der Waals surface area contributed by atoms with Crippen molar-refractivity contribution in [2.75, 3.05) is 26.7 Å². The van der Waals surface area contributed by atoms with Gasteiger partial charge in [-0.25, -0.2) is 4.98 Å². The van der Waals surface area contributed by atoms with E-state index in [1.165, 1.54) is 37.9 Å². The number of benzene rings is 3. The Morgan fingerprint density at radius 2 is 1.65 bits per heavy atom. The molecule has 3 aromatic carbocycles. The fourth-order valence-corrected chi connectivity index (χ4v) is 5.32. The van der Waals surface area contributed by atoms with Crippen LogP contribution in [0.4, 0.5) is 0 Å². The predicted octanol–water partition coefficient (Wildman–Crippen LogP) is 8.53. The summed E-state index contributed by atoms with van der Waals surface area (Å²) in [5.41, 5.74) is 5.91. The molecule has 0 spiro atoms. The summed E-state index contributed by atoms with van der Waals surface area (Å²) in [6.45, 7) is 5.21. The molecule has 1 aliphatic heterocycles. The maximum absolute atomic E-state index is 6.75. The van der Waals surface area contributed by atoms with Crippen LogP contribution in [0.3, 0.4) is 0 Å². The molecule has 1 saturated heterocycles. The molecule has 0 saturated carbocycles. The summed E-state index contributed by atoms with van der Waals surface area (Å²) in [4.78, 5) is 10.9. The Kier molecular flexibility index (Phi) is 8.19. The molecule has 1 N–H and O–H groups in total. The van der Waals surface area contributed by atoms with Gasteiger partial charge in [-0.1, -0.05) is 65.2 Å². The van der Waals surface area contributed by atoms with Crippen LogP contribution in [0.2, 0.25) is 10.0 Å². The highest BCUT2D eigenvalue weighted by atomic mass is 35.5. The molecular formula is C31H33Cl2N3O. The largest absolute Gasteiger partial charge is 0.494 e. The summed E-state index contributed by atoms with van der Waals surface area (Å²) < 4.78 is 6.04. The van der Waals surface area contributed by atoms with E-state index in [-0.39, 0.29) is 0 Å². The number of rotatable bonds is 8. The number of hydrogen-bond acceptors (Lipinski definition) is 3. The van der Waals surface area contributed by atoms with E-state index in [0.717, 1.165) is 52.0 Å². The highest BCUT2D eigenvalue weighted by Gasteiger charge is 2.18. The number of ether oxygens (including phenoxy) is 1. The van der Waals surface area contributed by atoms with Crippen molar-refractivity contribution in [2.24, 2.45) is 5.92 Å². The molecule has 1 aromatic heterocycles. The van der Waals surface area contributed by atoms with Gasteiger partial charge in [0.15, 0.2) is 0 Å². The van der Waals surface area contributed by atoms with Gasteiger partial charge in [0, 0.05) is 21.7 Å². The van der Waals surface area contributed by atoms with Gasteiger partial charge in [0.1, 0.15) is 11.6 Å². The Bertz CT molecular complexity index is 1260. The fourth-order valence-electron chi connectivity index (χ4n) is 4.94. The summed E-state index contributed by atoms with van der Waals surface area (Å²) >= 11 is 12.9. The highest BCUT2D eigenvalue weighted by molar-refractivity contribution is 6.33. The van der Waals surface area contributed by atoms with Gasteiger partial charge >= 0.3 is 0 Å². The molecule has 2 heterocycles. The van der Waals surface area contributed by atoms with E-state index < -0.39 is 0 Å². The van der Waals surface area contributed by atoms with Crippen molar-refractivity contribution in [1.29, 1.82) is 0 Å². The Balaban J connectivity index is 1.33. The van der Waals surface area contributed by atoms with E-state index in [1.807, 2.05) is 42.5 Å². The lowest BCUT2D eigenvalue weighted by Crippen LogP contribution is -2.30. The second-order valence-corrected chi connectivity index (χ2v) is 10.9. The molecule has 192 valence electrons. The SMILES string of the molecule is Cc1ccc(-c2[nH]c(-c3ccc(OCCCC4CCN(C)CC4)cc3Cl)nc2-c2ccc(Cl)cc2)cc1. The number of halogens is 2. The van der Waals surface area contributed by atoms with E-state index in [0.29, 0.717) is 16.7 Å². The molecule has 0 amide bonds. The van der Waals surface area contributed by atoms with Crippen molar-refractivity contribution in [3.8, 4) is 39.7 Å². The maximum atomic E-state index is 6.75. The van der Waals surface area contributed by atoms with Crippen LogP contribution in [0, 0.1) is 12.8 Å². The lowest BCUT2D eigenvalue weighted by atomic mass is 9.93. The molecule has 0 atom stereocenters. The molecular weight excluding hydrogens is 501 g/mol. The Morgan fingerprint density at radius 1 is 0.946 bits per heavy atom. The van der Waals surface area contributed by atoms with Crippen LogP contribution in [0.5, 0.6) is 5.75 Å². The number of aromatic nitrogens is 2. The van der Waals surface area contributed by atoms with Crippen molar-refractivity contribution in [2.45, 2.75) is 32.6 Å². The number of nitrogens with one attached hydrogen (secondary N) is 1. The quantitative estimate of drug-likeness (QED) is 0.230. The average Bonchev–Trinajstić information content (AvgIpc) is 3.34. The van der Waals surface area contributed by atoms with E-state index in [1.54, 1.807) is 0 Å². The van der Waals surface area contributed by atoms with Crippen molar-refractivity contribution in [3.05, 3.63) is 82.3 Å². The lowest BCUT2D eigenvalue weighted by Gasteiger charge is -2.28. The first kappa shape index (κ1) is 25.8. The summed E-state index contributed by atoms with van der Waals surface area (Å²) in [5.74, 6) is 2.34. The van der Waals surface area contributed by atoms with E-state index in [4.69, 9.17) is 32.9 Å². The third kappa shape index (κ3) is 6.38. The Hall–Kier alpha value is -2.79. The molecule has 0 radical (unpaired) electrons. The standard InChI is InChI=1S/C31H33Cl2N3O/c1-21-5-7-23(8-6-21)29-30(24-9-11-25(32)12-10-24)35-31(34-29)27-14-13-26(20-28(27)33)37-19-3-4-22-15-17-36(2)18-16-22/h5-14,20,22H,3-4,15-19H2,1-2H3,(H,34,35). The minimum absolute atomic E-state index is 0.611. The second-order valence-electron chi connectivity index (χ2n) is 10.1. The molecule has 6 heteroatoms. The van der Waals surface area contributed by atoms with Crippen LogP contribution in [0.1, 0.15) is 31.2 Å². The number of nitrogens with zero attached hydrogens (tertiary/aromatic N) is 2. The number of H-pyrrole nitrogens is 1. The monoisotopic (exact) mass is 533 g/mol. The lowest BCUT2D eigenvalue weighted by molar-refractivity contribution is 0.200. The number of hydrogen-bond donors (Lipinski definition) is 1. The molecule has 1 aliphatic rings. The number of likely N-dealkylation sites (tertiary alicyclic amines) is 1. The van der Waals surface area contributed by atoms with Crippen molar-refractivity contribution in [1.82, 2.24) is 14.9 Å². The first-order valence-corrected chi connectivity index (χ1v) is 13.8. The van der Waals surface area contributed by atoms with Gasteiger partial charge in [-0.15, -0.1) is 0 Å².